The van der Waals surface area contributed by atoms with Crippen LogP contribution in [0.15, 0.2) is 18.2 Å². The van der Waals surface area contributed by atoms with Crippen LogP contribution in [-0.4, -0.2) is 14.8 Å². The van der Waals surface area contributed by atoms with Gasteiger partial charge in [0.25, 0.3) is 0 Å². The van der Waals surface area contributed by atoms with Crippen molar-refractivity contribution in [3.05, 3.63) is 41.5 Å². The van der Waals surface area contributed by atoms with Crippen LogP contribution < -0.4 is 5.32 Å². The second kappa shape index (κ2) is 4.95. The van der Waals surface area contributed by atoms with Gasteiger partial charge in [-0.25, -0.2) is 8.78 Å². The zero-order chi connectivity index (χ0) is 13.2. The highest BCUT2D eigenvalue weighted by Crippen LogP contribution is 2.19. The van der Waals surface area contributed by atoms with Gasteiger partial charge in [-0.15, -0.1) is 10.2 Å². The molecule has 0 saturated heterocycles. The fourth-order valence-corrected chi connectivity index (χ4v) is 2.31. The van der Waals surface area contributed by atoms with Gasteiger partial charge in [0.2, 0.25) is 0 Å². The number of nitrogens with one attached hydrogen (secondary N) is 1. The lowest BCUT2D eigenvalue weighted by atomic mass is 10.2. The van der Waals surface area contributed by atoms with E-state index in [2.05, 4.69) is 15.5 Å². The summed E-state index contributed by atoms with van der Waals surface area (Å²) in [6, 6.07) is 4.07. The quantitative estimate of drug-likeness (QED) is 0.926. The predicted octanol–water partition coefficient (Wildman–Crippen LogP) is 2.50. The van der Waals surface area contributed by atoms with Gasteiger partial charge in [0, 0.05) is 13.0 Å². The van der Waals surface area contributed by atoms with Gasteiger partial charge >= 0.3 is 0 Å². The number of benzene rings is 1. The molecule has 0 radical (unpaired) electrons. The van der Waals surface area contributed by atoms with E-state index in [1.165, 1.54) is 12.1 Å². The van der Waals surface area contributed by atoms with Crippen molar-refractivity contribution in [3.8, 4) is 0 Å². The second-order valence-corrected chi connectivity index (χ2v) is 4.60. The monoisotopic (exact) mass is 264 g/mol. The molecular weight excluding hydrogens is 250 g/mol. The maximum atomic E-state index is 13.5. The lowest BCUT2D eigenvalue weighted by Crippen LogP contribution is -2.15. The molecule has 2 aromatic rings. The molecule has 0 spiro atoms. The number of hydrogen-bond acceptors (Lipinski definition) is 3. The van der Waals surface area contributed by atoms with Crippen molar-refractivity contribution in [1.29, 1.82) is 0 Å². The molecule has 4 nitrogen and oxygen atoms in total. The largest absolute Gasteiger partial charge is 0.375 e. The molecule has 6 heteroatoms. The van der Waals surface area contributed by atoms with Crippen molar-refractivity contribution in [2.24, 2.45) is 0 Å². The number of aryl methyl sites for hydroxylation is 1. The summed E-state index contributed by atoms with van der Waals surface area (Å²) in [5, 5.41) is 11.1. The number of rotatable bonds is 3. The van der Waals surface area contributed by atoms with Gasteiger partial charge in [0.15, 0.2) is 17.5 Å². The highest BCUT2D eigenvalue weighted by Gasteiger charge is 2.16. The Bertz CT molecular complexity index is 594. The Morgan fingerprint density at radius 1 is 1.21 bits per heavy atom. The van der Waals surface area contributed by atoms with Crippen molar-refractivity contribution in [1.82, 2.24) is 14.8 Å². The van der Waals surface area contributed by atoms with E-state index < -0.39 is 11.6 Å². The first-order valence-corrected chi connectivity index (χ1v) is 6.34. The molecule has 0 bridgehead atoms. The van der Waals surface area contributed by atoms with Gasteiger partial charge in [0.1, 0.15) is 5.82 Å². The lowest BCUT2D eigenvalue weighted by Gasteiger charge is -2.15. The molecule has 1 aromatic carbocycles. The summed E-state index contributed by atoms with van der Waals surface area (Å²) in [5.41, 5.74) is 0.146. The maximum Gasteiger partial charge on any atom is 0.181 e. The number of aromatic nitrogens is 3. The van der Waals surface area contributed by atoms with Crippen LogP contribution in [0.2, 0.25) is 0 Å². The summed E-state index contributed by atoms with van der Waals surface area (Å²) >= 11 is 0. The Morgan fingerprint density at radius 3 is 3.00 bits per heavy atom. The lowest BCUT2D eigenvalue weighted by molar-refractivity contribution is 0.505. The van der Waals surface area contributed by atoms with Crippen molar-refractivity contribution in [2.45, 2.75) is 32.4 Å². The number of anilines is 1. The minimum absolute atomic E-state index is 0.146. The van der Waals surface area contributed by atoms with Crippen LogP contribution >= 0.6 is 0 Å². The van der Waals surface area contributed by atoms with Gasteiger partial charge < -0.3 is 9.88 Å². The average Bonchev–Trinajstić information content (AvgIpc) is 2.84. The van der Waals surface area contributed by atoms with Crippen LogP contribution in [0.4, 0.5) is 14.5 Å². The van der Waals surface area contributed by atoms with Crippen LogP contribution in [0.5, 0.6) is 0 Å². The molecule has 1 aliphatic heterocycles. The molecule has 19 heavy (non-hydrogen) atoms. The van der Waals surface area contributed by atoms with Gasteiger partial charge in [0.05, 0.1) is 12.2 Å². The summed E-state index contributed by atoms with van der Waals surface area (Å²) in [7, 11) is 0. The minimum atomic E-state index is -0.860. The third-order valence-electron chi connectivity index (χ3n) is 3.32. The first-order chi connectivity index (χ1) is 9.25. The van der Waals surface area contributed by atoms with Crippen molar-refractivity contribution >= 4 is 5.69 Å². The number of nitrogens with zero attached hydrogens (tertiary/aromatic N) is 3. The summed E-state index contributed by atoms with van der Waals surface area (Å²) in [6.07, 6.45) is 3.16. The number of halogens is 2. The van der Waals surface area contributed by atoms with E-state index in [9.17, 15) is 8.78 Å². The van der Waals surface area contributed by atoms with E-state index in [1.54, 1.807) is 0 Å². The Hall–Kier alpha value is -1.98. The zero-order valence-electron chi connectivity index (χ0n) is 10.4. The molecule has 0 fully saturated rings. The molecule has 0 atom stereocenters. The molecule has 0 unspecified atom stereocenters. The average molecular weight is 264 g/mol. The van der Waals surface area contributed by atoms with Gasteiger partial charge in [-0.2, -0.15) is 0 Å². The normalized spacial score (nSPS) is 14.2. The summed E-state index contributed by atoms with van der Waals surface area (Å²) in [6.45, 7) is 1.23. The first kappa shape index (κ1) is 12.1. The molecule has 1 N–H and O–H groups in total. The van der Waals surface area contributed by atoms with E-state index in [4.69, 9.17) is 0 Å². The Kier molecular flexibility index (Phi) is 3.15. The molecule has 100 valence electrons. The summed E-state index contributed by atoms with van der Waals surface area (Å²) in [4.78, 5) is 0. The standard InChI is InChI=1S/C13H14F2N4/c14-9-4-3-5-10(13(9)15)16-8-12-18-17-11-6-1-2-7-19(11)12/h3-5,16H,1-2,6-8H2. The minimum Gasteiger partial charge on any atom is -0.375 e. The van der Waals surface area contributed by atoms with E-state index >= 15 is 0 Å². The molecule has 1 aliphatic rings. The summed E-state index contributed by atoms with van der Waals surface area (Å²) in [5.74, 6) is 0.0234. The predicted molar refractivity (Wildman–Crippen MR) is 66.6 cm³/mol. The third kappa shape index (κ3) is 2.30. The van der Waals surface area contributed by atoms with Crippen LogP contribution in [0.25, 0.3) is 0 Å². The van der Waals surface area contributed by atoms with Crippen LogP contribution in [0.1, 0.15) is 24.5 Å². The Balaban J connectivity index is 1.76. The van der Waals surface area contributed by atoms with Gasteiger partial charge in [-0.3, -0.25) is 0 Å². The molecular formula is C13H14F2N4. The number of hydrogen-bond donors (Lipinski definition) is 1. The van der Waals surface area contributed by atoms with E-state index in [-0.39, 0.29) is 5.69 Å². The van der Waals surface area contributed by atoms with Crippen LogP contribution in [-0.2, 0) is 19.5 Å². The smallest absolute Gasteiger partial charge is 0.181 e. The van der Waals surface area contributed by atoms with Crippen LogP contribution in [0.3, 0.4) is 0 Å². The maximum absolute atomic E-state index is 13.5. The topological polar surface area (TPSA) is 42.7 Å². The number of fused-ring (bicyclic) bond motifs is 1. The molecule has 0 saturated carbocycles. The van der Waals surface area contributed by atoms with E-state index in [0.29, 0.717) is 6.54 Å². The van der Waals surface area contributed by atoms with Crippen LogP contribution in [0, 0.1) is 11.6 Å². The fourth-order valence-electron chi connectivity index (χ4n) is 2.31. The third-order valence-corrected chi connectivity index (χ3v) is 3.32. The van der Waals surface area contributed by atoms with Gasteiger partial charge in [-0.05, 0) is 25.0 Å². The molecule has 0 aliphatic carbocycles. The Morgan fingerprint density at radius 2 is 2.11 bits per heavy atom. The van der Waals surface area contributed by atoms with E-state index in [1.807, 2.05) is 4.57 Å². The molecule has 0 amide bonds. The molecule has 1 aromatic heterocycles. The highest BCUT2D eigenvalue weighted by atomic mass is 19.2. The zero-order valence-corrected chi connectivity index (χ0v) is 10.4. The van der Waals surface area contributed by atoms with Crippen molar-refractivity contribution in [3.63, 3.8) is 0 Å². The molecule has 3 rings (SSSR count). The van der Waals surface area contributed by atoms with Crippen molar-refractivity contribution in [2.75, 3.05) is 5.32 Å². The fraction of sp³-hybridized carbons (Fsp3) is 0.385. The molecule has 2 heterocycles. The summed E-state index contributed by atoms with van der Waals surface area (Å²) < 4.78 is 28.6. The Labute approximate surface area is 109 Å². The second-order valence-electron chi connectivity index (χ2n) is 4.60. The first-order valence-electron chi connectivity index (χ1n) is 6.34. The highest BCUT2D eigenvalue weighted by molar-refractivity contribution is 5.44. The van der Waals surface area contributed by atoms with Crippen molar-refractivity contribution < 1.29 is 8.78 Å². The van der Waals surface area contributed by atoms with E-state index in [0.717, 1.165) is 43.5 Å². The SMILES string of the molecule is Fc1cccc(NCc2nnc3n2CCCC3)c1F. The van der Waals surface area contributed by atoms with Gasteiger partial charge in [-0.1, -0.05) is 6.07 Å².